The molecule has 3 N–H and O–H groups in total. The molecule has 2 aliphatic heterocycles. The van der Waals surface area contributed by atoms with Gasteiger partial charge in [-0.05, 0) is 25.8 Å². The molecule has 2 unspecified atom stereocenters. The number of nitrogens with zero attached hydrogens (tertiary/aromatic N) is 4. The van der Waals surface area contributed by atoms with E-state index in [1.807, 2.05) is 0 Å². The largest absolute Gasteiger partial charge is 0.368 e. The summed E-state index contributed by atoms with van der Waals surface area (Å²) >= 11 is 0. The van der Waals surface area contributed by atoms with E-state index in [0.717, 1.165) is 32.1 Å². The fourth-order valence-corrected chi connectivity index (χ4v) is 3.22. The third-order valence-corrected chi connectivity index (χ3v) is 4.16. The van der Waals surface area contributed by atoms with Crippen molar-refractivity contribution in [1.29, 1.82) is 0 Å². The molecule has 0 radical (unpaired) electrons. The summed E-state index contributed by atoms with van der Waals surface area (Å²) in [6.07, 6.45) is 5.73. The minimum absolute atomic E-state index is 0.0524. The van der Waals surface area contributed by atoms with Gasteiger partial charge in [0, 0.05) is 18.6 Å². The zero-order valence-electron chi connectivity index (χ0n) is 11.2. The molecule has 0 bridgehead atoms. The van der Waals surface area contributed by atoms with E-state index in [-0.39, 0.29) is 23.5 Å². The number of nitro groups is 1. The van der Waals surface area contributed by atoms with E-state index >= 15 is 0 Å². The normalized spacial score (nSPS) is 26.2. The Bertz CT molecular complexity index is 523. The molecule has 1 aromatic heterocycles. The molecule has 8 nitrogen and oxygen atoms in total. The van der Waals surface area contributed by atoms with Crippen LogP contribution >= 0.6 is 0 Å². The summed E-state index contributed by atoms with van der Waals surface area (Å²) in [5.41, 5.74) is 5.42. The van der Waals surface area contributed by atoms with Crippen molar-refractivity contribution >= 4 is 17.5 Å². The molecule has 108 valence electrons. The summed E-state index contributed by atoms with van der Waals surface area (Å²) in [6, 6.07) is 0.642. The minimum Gasteiger partial charge on any atom is -0.368 e. The number of anilines is 2. The van der Waals surface area contributed by atoms with Crippen molar-refractivity contribution in [2.24, 2.45) is 0 Å². The minimum atomic E-state index is -0.477. The van der Waals surface area contributed by atoms with E-state index < -0.39 is 4.92 Å². The van der Waals surface area contributed by atoms with Crippen molar-refractivity contribution in [2.75, 3.05) is 24.1 Å². The van der Waals surface area contributed by atoms with E-state index in [1.165, 1.54) is 12.8 Å². The van der Waals surface area contributed by atoms with Gasteiger partial charge in [0.05, 0.1) is 4.92 Å². The molecule has 2 saturated heterocycles. The van der Waals surface area contributed by atoms with Gasteiger partial charge in [-0.25, -0.2) is 4.98 Å². The predicted octanol–water partition coefficient (Wildman–Crippen LogP) is 1.01. The number of rotatable bonds is 3. The standard InChI is InChI=1S/C12H18N6O2/c13-12-14-7-10(18(19)20)11(16-12)15-8-4-6-17-5-2-1-3-9(8)17/h7-9H,1-6H2,(H3,13,14,15,16). The highest BCUT2D eigenvalue weighted by atomic mass is 16.6. The average molecular weight is 278 g/mol. The molecule has 3 heterocycles. The molecule has 0 amide bonds. The maximum absolute atomic E-state index is 11.0. The molecule has 2 atom stereocenters. The second-order valence-corrected chi connectivity index (χ2v) is 5.36. The van der Waals surface area contributed by atoms with Gasteiger partial charge in [0.2, 0.25) is 11.8 Å². The molecular weight excluding hydrogens is 260 g/mol. The van der Waals surface area contributed by atoms with Gasteiger partial charge >= 0.3 is 5.69 Å². The van der Waals surface area contributed by atoms with Crippen LogP contribution in [-0.4, -0.2) is 45.0 Å². The third kappa shape index (κ3) is 2.38. The van der Waals surface area contributed by atoms with Gasteiger partial charge in [-0.2, -0.15) is 4.98 Å². The second kappa shape index (κ2) is 5.20. The SMILES string of the molecule is Nc1ncc([N+](=O)[O-])c(NC2CCN3CCCCC23)n1. The molecule has 3 rings (SSSR count). The summed E-state index contributed by atoms with van der Waals surface area (Å²) in [5, 5.41) is 14.2. The fraction of sp³-hybridized carbons (Fsp3) is 0.667. The topological polar surface area (TPSA) is 110 Å². The number of nitrogen functional groups attached to an aromatic ring is 1. The van der Waals surface area contributed by atoms with Crippen LogP contribution in [-0.2, 0) is 0 Å². The van der Waals surface area contributed by atoms with Crippen molar-refractivity contribution in [2.45, 2.75) is 37.8 Å². The molecule has 2 fully saturated rings. The summed E-state index contributed by atoms with van der Waals surface area (Å²) in [7, 11) is 0. The predicted molar refractivity (Wildman–Crippen MR) is 74.3 cm³/mol. The van der Waals surface area contributed by atoms with Crippen LogP contribution in [0.15, 0.2) is 6.20 Å². The molecule has 0 spiro atoms. The molecule has 20 heavy (non-hydrogen) atoms. The van der Waals surface area contributed by atoms with Crippen LogP contribution in [0.4, 0.5) is 17.5 Å². The van der Waals surface area contributed by atoms with E-state index in [9.17, 15) is 10.1 Å². The van der Waals surface area contributed by atoms with E-state index in [0.29, 0.717) is 6.04 Å². The monoisotopic (exact) mass is 278 g/mol. The first-order valence-corrected chi connectivity index (χ1v) is 6.92. The van der Waals surface area contributed by atoms with Crippen LogP contribution < -0.4 is 11.1 Å². The van der Waals surface area contributed by atoms with Crippen molar-refractivity contribution < 1.29 is 4.92 Å². The number of piperidine rings is 1. The van der Waals surface area contributed by atoms with Gasteiger partial charge in [0.1, 0.15) is 6.20 Å². The molecule has 0 aliphatic carbocycles. The zero-order valence-corrected chi connectivity index (χ0v) is 11.2. The Labute approximate surface area is 116 Å². The quantitative estimate of drug-likeness (QED) is 0.627. The van der Waals surface area contributed by atoms with E-state index in [4.69, 9.17) is 5.73 Å². The molecule has 1 aromatic rings. The lowest BCUT2D eigenvalue weighted by Crippen LogP contribution is -2.41. The first-order chi connectivity index (χ1) is 9.65. The first-order valence-electron chi connectivity index (χ1n) is 6.92. The van der Waals surface area contributed by atoms with Gasteiger partial charge in [-0.15, -0.1) is 0 Å². The number of nitrogens with two attached hydrogens (primary N) is 1. The maximum atomic E-state index is 11.0. The third-order valence-electron chi connectivity index (χ3n) is 4.16. The summed E-state index contributed by atoms with van der Waals surface area (Å²) in [5.74, 6) is 0.288. The fourth-order valence-electron chi connectivity index (χ4n) is 3.22. The number of nitrogens with one attached hydrogen (secondary N) is 1. The molecule has 0 saturated carbocycles. The average Bonchev–Trinajstić information content (AvgIpc) is 2.82. The van der Waals surface area contributed by atoms with Gasteiger partial charge in [0.25, 0.3) is 0 Å². The van der Waals surface area contributed by atoms with Crippen molar-refractivity contribution in [3.05, 3.63) is 16.3 Å². The van der Waals surface area contributed by atoms with Crippen LogP contribution in [0.25, 0.3) is 0 Å². The maximum Gasteiger partial charge on any atom is 0.329 e. The lowest BCUT2D eigenvalue weighted by molar-refractivity contribution is -0.384. The van der Waals surface area contributed by atoms with Gasteiger partial charge in [-0.3, -0.25) is 15.0 Å². The highest BCUT2D eigenvalue weighted by molar-refractivity contribution is 5.57. The summed E-state index contributed by atoms with van der Waals surface area (Å²) in [4.78, 5) is 20.7. The number of aromatic nitrogens is 2. The lowest BCUT2D eigenvalue weighted by atomic mass is 9.99. The van der Waals surface area contributed by atoms with Crippen LogP contribution in [0, 0.1) is 10.1 Å². The lowest BCUT2D eigenvalue weighted by Gasteiger charge is -2.32. The smallest absolute Gasteiger partial charge is 0.329 e. The van der Waals surface area contributed by atoms with Gasteiger partial charge < -0.3 is 11.1 Å². The van der Waals surface area contributed by atoms with Gasteiger partial charge in [-0.1, -0.05) is 6.42 Å². The summed E-state index contributed by atoms with van der Waals surface area (Å²) in [6.45, 7) is 2.16. The Kier molecular flexibility index (Phi) is 3.39. The Morgan fingerprint density at radius 1 is 1.40 bits per heavy atom. The van der Waals surface area contributed by atoms with Gasteiger partial charge in [0.15, 0.2) is 0 Å². The highest BCUT2D eigenvalue weighted by Gasteiger charge is 2.36. The Morgan fingerprint density at radius 2 is 2.25 bits per heavy atom. The van der Waals surface area contributed by atoms with Crippen LogP contribution in [0.1, 0.15) is 25.7 Å². The Morgan fingerprint density at radius 3 is 3.05 bits per heavy atom. The van der Waals surface area contributed by atoms with Crippen molar-refractivity contribution in [1.82, 2.24) is 14.9 Å². The molecule has 8 heteroatoms. The molecule has 2 aliphatic rings. The number of hydrogen-bond donors (Lipinski definition) is 2. The number of hydrogen-bond acceptors (Lipinski definition) is 7. The first kappa shape index (κ1) is 13.0. The zero-order chi connectivity index (χ0) is 14.1. The van der Waals surface area contributed by atoms with Crippen LogP contribution in [0.3, 0.4) is 0 Å². The van der Waals surface area contributed by atoms with E-state index in [1.54, 1.807) is 0 Å². The second-order valence-electron chi connectivity index (χ2n) is 5.36. The molecule has 0 aromatic carbocycles. The Balaban J connectivity index is 1.80. The van der Waals surface area contributed by atoms with Crippen molar-refractivity contribution in [3.63, 3.8) is 0 Å². The van der Waals surface area contributed by atoms with Crippen LogP contribution in [0.5, 0.6) is 0 Å². The molecular formula is C12H18N6O2. The highest BCUT2D eigenvalue weighted by Crippen LogP contribution is 2.31. The summed E-state index contributed by atoms with van der Waals surface area (Å²) < 4.78 is 0. The Hall–Kier alpha value is -1.96. The van der Waals surface area contributed by atoms with Crippen molar-refractivity contribution in [3.8, 4) is 0 Å². The van der Waals surface area contributed by atoms with Crippen LogP contribution in [0.2, 0.25) is 0 Å². The van der Waals surface area contributed by atoms with E-state index in [2.05, 4.69) is 20.2 Å². The number of fused-ring (bicyclic) bond motifs is 1.